The minimum Gasteiger partial charge on any atom is -0.436 e. The molecule has 4 aromatic rings. The highest BCUT2D eigenvalue weighted by Crippen LogP contribution is 2.43. The molecule has 0 fully saturated rings. The van der Waals surface area contributed by atoms with Crippen LogP contribution in [0, 0.1) is 11.3 Å². The summed E-state index contributed by atoms with van der Waals surface area (Å²) in [6.07, 6.45) is 2.99. The summed E-state index contributed by atoms with van der Waals surface area (Å²) in [5, 5.41) is 10.1. The number of furan rings is 1. The molecule has 1 aromatic heterocycles. The molecule has 3 nitrogen and oxygen atoms in total. The molecule has 144 valence electrons. The normalized spacial score (nSPS) is 14.3. The second-order valence-corrected chi connectivity index (χ2v) is 7.40. The molecule has 1 aliphatic carbocycles. The number of rotatable bonds is 3. The van der Waals surface area contributed by atoms with Gasteiger partial charge in [-0.1, -0.05) is 84.9 Å². The summed E-state index contributed by atoms with van der Waals surface area (Å²) in [7, 11) is 0. The second-order valence-electron chi connectivity index (χ2n) is 7.40. The van der Waals surface area contributed by atoms with Gasteiger partial charge < -0.3 is 4.42 Å². The van der Waals surface area contributed by atoms with Crippen LogP contribution in [0.5, 0.6) is 0 Å². The van der Waals surface area contributed by atoms with Gasteiger partial charge in [-0.2, -0.15) is 5.26 Å². The quantitative estimate of drug-likeness (QED) is 0.381. The molecule has 0 saturated carbocycles. The zero-order valence-corrected chi connectivity index (χ0v) is 16.5. The summed E-state index contributed by atoms with van der Waals surface area (Å²) in [6, 6.07) is 30.6. The maximum atomic E-state index is 10.1. The molecule has 0 unspecified atom stereocenters. The van der Waals surface area contributed by atoms with Gasteiger partial charge in [-0.05, 0) is 36.0 Å². The van der Waals surface area contributed by atoms with E-state index >= 15 is 0 Å². The number of hydrogen-bond acceptors (Lipinski definition) is 3. The topological polar surface area (TPSA) is 49.3 Å². The van der Waals surface area contributed by atoms with E-state index in [0.717, 1.165) is 47.2 Å². The molecule has 0 N–H and O–H groups in total. The highest BCUT2D eigenvalue weighted by atomic mass is 16.4. The summed E-state index contributed by atoms with van der Waals surface area (Å²) in [6.45, 7) is 0. The predicted octanol–water partition coefficient (Wildman–Crippen LogP) is 6.94. The fraction of sp³-hybridized carbons (Fsp3) is 0.111. The summed E-state index contributed by atoms with van der Waals surface area (Å²) in [5.41, 5.74) is 6.62. The molecule has 0 spiro atoms. The van der Waals surface area contributed by atoms with E-state index in [4.69, 9.17) is 9.41 Å². The van der Waals surface area contributed by atoms with Gasteiger partial charge >= 0.3 is 0 Å². The van der Waals surface area contributed by atoms with Crippen molar-refractivity contribution in [2.24, 2.45) is 4.99 Å². The van der Waals surface area contributed by atoms with Crippen molar-refractivity contribution in [3.8, 4) is 28.5 Å². The Labute approximate surface area is 176 Å². The van der Waals surface area contributed by atoms with Crippen molar-refractivity contribution in [1.82, 2.24) is 0 Å². The fourth-order valence-corrected chi connectivity index (χ4v) is 4.11. The van der Waals surface area contributed by atoms with E-state index in [1.165, 1.54) is 5.56 Å². The van der Waals surface area contributed by atoms with Crippen molar-refractivity contribution in [2.45, 2.75) is 19.3 Å². The Hall–Kier alpha value is -3.90. The Balaban J connectivity index is 1.73. The minimum absolute atomic E-state index is 0.391. The molecule has 1 heterocycles. The van der Waals surface area contributed by atoms with E-state index in [1.54, 1.807) is 0 Å². The lowest BCUT2D eigenvalue weighted by atomic mass is 9.90. The average molecular weight is 388 g/mol. The first-order valence-electron chi connectivity index (χ1n) is 10.2. The predicted molar refractivity (Wildman–Crippen MR) is 120 cm³/mol. The lowest BCUT2D eigenvalue weighted by Crippen LogP contribution is -2.11. The maximum Gasteiger partial charge on any atom is 0.238 e. The van der Waals surface area contributed by atoms with Crippen LogP contribution in [-0.2, 0) is 6.42 Å². The zero-order chi connectivity index (χ0) is 20.3. The van der Waals surface area contributed by atoms with E-state index in [-0.39, 0.29) is 0 Å². The van der Waals surface area contributed by atoms with Gasteiger partial charge in [-0.3, -0.25) is 0 Å². The van der Waals surface area contributed by atoms with Crippen LogP contribution in [0.15, 0.2) is 94.3 Å². The lowest BCUT2D eigenvalue weighted by molar-refractivity contribution is 0.592. The molecule has 3 heteroatoms. The van der Waals surface area contributed by atoms with E-state index in [0.29, 0.717) is 17.2 Å². The van der Waals surface area contributed by atoms with Crippen LogP contribution in [0.1, 0.15) is 29.5 Å². The number of aryl methyl sites for hydroxylation is 1. The highest BCUT2D eigenvalue weighted by Gasteiger charge is 2.24. The Morgan fingerprint density at radius 3 is 2.17 bits per heavy atom. The maximum absolute atomic E-state index is 10.1. The molecule has 1 aliphatic rings. The van der Waals surface area contributed by atoms with Gasteiger partial charge in [-0.15, -0.1) is 0 Å². The molecule has 3 aromatic carbocycles. The second kappa shape index (κ2) is 7.85. The molecule has 0 saturated heterocycles. The van der Waals surface area contributed by atoms with Crippen LogP contribution in [-0.4, -0.2) is 5.71 Å². The van der Waals surface area contributed by atoms with Gasteiger partial charge in [0.1, 0.15) is 17.4 Å². The van der Waals surface area contributed by atoms with Crippen molar-refractivity contribution in [1.29, 1.82) is 5.26 Å². The Kier molecular flexibility index (Phi) is 4.75. The number of fused-ring (bicyclic) bond motifs is 1. The van der Waals surface area contributed by atoms with Crippen molar-refractivity contribution in [3.63, 3.8) is 0 Å². The van der Waals surface area contributed by atoms with Gasteiger partial charge in [0, 0.05) is 11.1 Å². The van der Waals surface area contributed by atoms with Crippen LogP contribution in [0.25, 0.3) is 22.5 Å². The largest absolute Gasteiger partial charge is 0.436 e. The monoisotopic (exact) mass is 388 g/mol. The molecule has 0 amide bonds. The van der Waals surface area contributed by atoms with Crippen LogP contribution >= 0.6 is 0 Å². The van der Waals surface area contributed by atoms with Crippen LogP contribution < -0.4 is 0 Å². The van der Waals surface area contributed by atoms with Crippen LogP contribution in [0.3, 0.4) is 0 Å². The van der Waals surface area contributed by atoms with Crippen LogP contribution in [0.2, 0.25) is 0 Å². The molecule has 0 aliphatic heterocycles. The SMILES string of the molecule is N#Cc1c(/N=C2\CCCc3ccccc32)oc(-c2ccccc2)c1-c1ccccc1. The standard InChI is InChI=1S/C27H20N2O/c28-18-23-25(20-11-3-1-4-12-20)26(21-13-5-2-6-14-21)30-27(23)29-24-17-9-15-19-10-7-8-16-22(19)24/h1-8,10-14,16H,9,15,17H2/b29-24+. The van der Waals surface area contributed by atoms with Crippen molar-refractivity contribution in [3.05, 3.63) is 102 Å². The molecule has 0 radical (unpaired) electrons. The lowest BCUT2D eigenvalue weighted by Gasteiger charge is -2.17. The van der Waals surface area contributed by atoms with Gasteiger partial charge in [0.15, 0.2) is 0 Å². The third-order valence-corrected chi connectivity index (χ3v) is 5.52. The Bertz CT molecular complexity index is 1260. The summed E-state index contributed by atoms with van der Waals surface area (Å²) in [5.74, 6) is 1.07. The van der Waals surface area contributed by atoms with Gasteiger partial charge in [0.25, 0.3) is 0 Å². The summed E-state index contributed by atoms with van der Waals surface area (Å²) in [4.78, 5) is 4.89. The number of benzene rings is 3. The Morgan fingerprint density at radius 1 is 0.767 bits per heavy atom. The van der Waals surface area contributed by atoms with Crippen LogP contribution in [0.4, 0.5) is 5.88 Å². The van der Waals surface area contributed by atoms with Gasteiger partial charge in [0.2, 0.25) is 5.88 Å². The zero-order valence-electron chi connectivity index (χ0n) is 16.5. The van der Waals surface area contributed by atoms with E-state index in [2.05, 4.69) is 24.3 Å². The van der Waals surface area contributed by atoms with Crippen molar-refractivity contribution < 1.29 is 4.42 Å². The third kappa shape index (κ3) is 3.23. The van der Waals surface area contributed by atoms with E-state index in [1.807, 2.05) is 66.7 Å². The minimum atomic E-state index is 0.391. The summed E-state index contributed by atoms with van der Waals surface area (Å²) < 4.78 is 6.29. The number of aliphatic imine (C=N–C) groups is 1. The first-order valence-corrected chi connectivity index (χ1v) is 10.2. The third-order valence-electron chi connectivity index (χ3n) is 5.52. The van der Waals surface area contributed by atoms with Gasteiger partial charge in [0.05, 0.1) is 5.71 Å². The first-order chi connectivity index (χ1) is 14.8. The molecule has 30 heavy (non-hydrogen) atoms. The van der Waals surface area contributed by atoms with Crippen molar-refractivity contribution >= 4 is 11.6 Å². The smallest absolute Gasteiger partial charge is 0.238 e. The summed E-state index contributed by atoms with van der Waals surface area (Å²) >= 11 is 0. The van der Waals surface area contributed by atoms with Crippen molar-refractivity contribution in [2.75, 3.05) is 0 Å². The Morgan fingerprint density at radius 2 is 1.43 bits per heavy atom. The number of nitrogens with zero attached hydrogens (tertiary/aromatic N) is 2. The number of hydrogen-bond donors (Lipinski definition) is 0. The van der Waals surface area contributed by atoms with Gasteiger partial charge in [-0.25, -0.2) is 4.99 Å². The molecular formula is C27H20N2O. The number of nitriles is 1. The molecule has 0 atom stereocenters. The van der Waals surface area contributed by atoms with E-state index in [9.17, 15) is 5.26 Å². The molecule has 0 bridgehead atoms. The molecule has 5 rings (SSSR count). The average Bonchev–Trinajstić information content (AvgIpc) is 3.18. The highest BCUT2D eigenvalue weighted by molar-refractivity contribution is 6.04. The van der Waals surface area contributed by atoms with E-state index < -0.39 is 0 Å². The fourth-order valence-electron chi connectivity index (χ4n) is 4.11. The molecular weight excluding hydrogens is 368 g/mol. The first kappa shape index (κ1) is 18.1.